The van der Waals surface area contributed by atoms with Crippen LogP contribution in [0.25, 0.3) is 5.57 Å². The molecule has 3 aromatic rings. The van der Waals surface area contributed by atoms with Crippen molar-refractivity contribution in [2.45, 2.75) is 6.42 Å². The second kappa shape index (κ2) is 10.2. The predicted molar refractivity (Wildman–Crippen MR) is 129 cm³/mol. The zero-order chi connectivity index (χ0) is 23.0. The van der Waals surface area contributed by atoms with Crippen LogP contribution in [0, 0.1) is 5.82 Å². The Labute approximate surface area is 190 Å². The zero-order valence-corrected chi connectivity index (χ0v) is 17.8. The summed E-state index contributed by atoms with van der Waals surface area (Å²) in [6.07, 6.45) is 12.3. The molecule has 0 saturated carbocycles. The van der Waals surface area contributed by atoms with Crippen LogP contribution < -0.4 is 16.1 Å². The molecule has 0 bridgehead atoms. The van der Waals surface area contributed by atoms with E-state index in [2.05, 4.69) is 36.1 Å². The molecule has 8 nitrogen and oxygen atoms in total. The Bertz CT molecular complexity index is 1230. The number of anilines is 4. The van der Waals surface area contributed by atoms with Crippen LogP contribution in [-0.2, 0) is 0 Å². The smallest absolute Gasteiger partial charge is 0.245 e. The molecule has 2 heterocycles. The number of hydrogen-bond donors (Lipinski definition) is 4. The van der Waals surface area contributed by atoms with E-state index in [4.69, 9.17) is 0 Å². The first-order chi connectivity index (χ1) is 16.1. The number of benzene rings is 1. The maximum atomic E-state index is 13.4. The Morgan fingerprint density at radius 3 is 2.64 bits per heavy atom. The van der Waals surface area contributed by atoms with Gasteiger partial charge in [0.2, 0.25) is 5.95 Å². The Morgan fingerprint density at radius 1 is 1.06 bits per heavy atom. The topological polar surface area (TPSA) is 107 Å². The highest BCUT2D eigenvalue weighted by molar-refractivity contribution is 5.78. The van der Waals surface area contributed by atoms with Crippen molar-refractivity contribution in [1.29, 1.82) is 0 Å². The number of nitrogens with one attached hydrogen (secondary N) is 3. The van der Waals surface area contributed by atoms with Gasteiger partial charge in [-0.2, -0.15) is 10.1 Å². The van der Waals surface area contributed by atoms with E-state index in [0.717, 1.165) is 28.7 Å². The highest BCUT2D eigenvalue weighted by Crippen LogP contribution is 2.23. The van der Waals surface area contributed by atoms with E-state index >= 15 is 0 Å². The number of aromatic nitrogens is 3. The quantitative estimate of drug-likeness (QED) is 0.300. The van der Waals surface area contributed by atoms with Gasteiger partial charge >= 0.3 is 0 Å². The number of allylic oxidation sites excluding steroid dienone is 5. The van der Waals surface area contributed by atoms with Gasteiger partial charge in [-0.05, 0) is 41.5 Å². The monoisotopic (exact) mass is 443 g/mol. The molecule has 0 saturated heterocycles. The van der Waals surface area contributed by atoms with Gasteiger partial charge < -0.3 is 15.7 Å². The van der Waals surface area contributed by atoms with Gasteiger partial charge in [0.05, 0.1) is 35.7 Å². The Morgan fingerprint density at radius 2 is 1.88 bits per heavy atom. The van der Waals surface area contributed by atoms with Crippen molar-refractivity contribution in [2.75, 3.05) is 23.1 Å². The lowest BCUT2D eigenvalue weighted by atomic mass is 10.0. The third kappa shape index (κ3) is 5.79. The number of aliphatic hydroxyl groups excluding tert-OH is 1. The summed E-state index contributed by atoms with van der Waals surface area (Å²) in [6, 6.07) is 11.7. The maximum Gasteiger partial charge on any atom is 0.245 e. The van der Waals surface area contributed by atoms with E-state index in [-0.39, 0.29) is 11.8 Å². The Balaban J connectivity index is 1.34. The molecule has 166 valence electrons. The van der Waals surface area contributed by atoms with Crippen molar-refractivity contribution in [3.63, 3.8) is 0 Å². The molecular weight excluding hydrogens is 421 g/mol. The fourth-order valence-corrected chi connectivity index (χ4v) is 3.05. The summed E-state index contributed by atoms with van der Waals surface area (Å²) in [5.41, 5.74) is 7.17. The fourth-order valence-electron chi connectivity index (χ4n) is 3.05. The minimum Gasteiger partial charge on any atom is -0.512 e. The van der Waals surface area contributed by atoms with Crippen molar-refractivity contribution >= 4 is 34.9 Å². The minimum absolute atomic E-state index is 0.0861. The molecule has 0 amide bonds. The first-order valence-electron chi connectivity index (χ1n) is 10.2. The first-order valence-corrected chi connectivity index (χ1v) is 10.2. The molecule has 0 aliphatic heterocycles. The number of nitrogens with zero attached hydrogens (tertiary/aromatic N) is 4. The number of pyridine rings is 1. The molecule has 0 spiro atoms. The van der Waals surface area contributed by atoms with Crippen LogP contribution >= 0.6 is 0 Å². The van der Waals surface area contributed by atoms with E-state index in [1.165, 1.54) is 6.21 Å². The molecule has 4 N–H and O–H groups in total. The van der Waals surface area contributed by atoms with Crippen LogP contribution in [0.5, 0.6) is 0 Å². The molecular formula is C24H22FN7O. The van der Waals surface area contributed by atoms with E-state index in [1.807, 2.05) is 54.6 Å². The van der Waals surface area contributed by atoms with Crippen molar-refractivity contribution in [2.24, 2.45) is 5.10 Å². The predicted octanol–water partition coefficient (Wildman–Crippen LogP) is 5.03. The van der Waals surface area contributed by atoms with Crippen molar-refractivity contribution in [3.05, 3.63) is 95.9 Å². The molecule has 0 unspecified atom stereocenters. The number of hydrogen-bond acceptors (Lipinski definition) is 8. The van der Waals surface area contributed by atoms with E-state index in [0.29, 0.717) is 17.9 Å². The molecule has 9 heteroatoms. The maximum absolute atomic E-state index is 13.4. The molecule has 1 aliphatic rings. The Hall–Kier alpha value is -4.53. The summed E-state index contributed by atoms with van der Waals surface area (Å²) in [7, 11) is 1.57. The van der Waals surface area contributed by atoms with E-state index in [1.54, 1.807) is 19.3 Å². The van der Waals surface area contributed by atoms with Crippen LogP contribution in [0.1, 0.15) is 17.7 Å². The zero-order valence-electron chi connectivity index (χ0n) is 17.8. The molecule has 2 aromatic heterocycles. The third-order valence-corrected chi connectivity index (χ3v) is 4.73. The van der Waals surface area contributed by atoms with Crippen LogP contribution in [0.15, 0.2) is 84.0 Å². The SMILES string of the molecule is CNc1nc(N/N=C/c2ccc(Nc3ccc(C4=CCC(O)=CC=C4)cc3)cn2)ncc1F. The van der Waals surface area contributed by atoms with Gasteiger partial charge in [0.1, 0.15) is 0 Å². The second-order valence-corrected chi connectivity index (χ2v) is 7.06. The van der Waals surface area contributed by atoms with Gasteiger partial charge in [-0.3, -0.25) is 4.98 Å². The lowest BCUT2D eigenvalue weighted by Crippen LogP contribution is -2.03. The number of rotatable bonds is 7. The van der Waals surface area contributed by atoms with Gasteiger partial charge in [0, 0.05) is 19.2 Å². The summed E-state index contributed by atoms with van der Waals surface area (Å²) in [4.78, 5) is 12.1. The van der Waals surface area contributed by atoms with Gasteiger partial charge in [-0.25, -0.2) is 14.8 Å². The number of aliphatic hydroxyl groups is 1. The van der Waals surface area contributed by atoms with Crippen LogP contribution in [-0.4, -0.2) is 33.3 Å². The number of halogens is 1. The molecule has 1 aliphatic carbocycles. The van der Waals surface area contributed by atoms with Crippen molar-refractivity contribution in [1.82, 2.24) is 15.0 Å². The Kier molecular flexibility index (Phi) is 6.70. The van der Waals surface area contributed by atoms with Crippen LogP contribution in [0.3, 0.4) is 0 Å². The number of hydrazone groups is 1. The molecule has 1 aromatic carbocycles. The van der Waals surface area contributed by atoms with Gasteiger partial charge in [0.25, 0.3) is 0 Å². The van der Waals surface area contributed by atoms with Crippen LogP contribution in [0.2, 0.25) is 0 Å². The molecule has 0 radical (unpaired) electrons. The first kappa shape index (κ1) is 21.7. The highest BCUT2D eigenvalue weighted by atomic mass is 19.1. The van der Waals surface area contributed by atoms with Gasteiger partial charge in [-0.15, -0.1) is 0 Å². The van der Waals surface area contributed by atoms with Crippen LogP contribution in [0.4, 0.5) is 27.5 Å². The largest absolute Gasteiger partial charge is 0.512 e. The summed E-state index contributed by atoms with van der Waals surface area (Å²) < 4.78 is 13.4. The lowest BCUT2D eigenvalue weighted by molar-refractivity contribution is 0.402. The third-order valence-electron chi connectivity index (χ3n) is 4.73. The van der Waals surface area contributed by atoms with Gasteiger partial charge in [0.15, 0.2) is 11.6 Å². The summed E-state index contributed by atoms with van der Waals surface area (Å²) in [5, 5.41) is 19.6. The molecule has 33 heavy (non-hydrogen) atoms. The van der Waals surface area contributed by atoms with Crippen molar-refractivity contribution < 1.29 is 9.50 Å². The average molecular weight is 443 g/mol. The van der Waals surface area contributed by atoms with Crippen molar-refractivity contribution in [3.8, 4) is 0 Å². The lowest BCUT2D eigenvalue weighted by Gasteiger charge is -2.08. The molecule has 0 fully saturated rings. The summed E-state index contributed by atoms with van der Waals surface area (Å²) >= 11 is 0. The van der Waals surface area contributed by atoms with Gasteiger partial charge in [-0.1, -0.05) is 30.4 Å². The average Bonchev–Trinajstić information content (AvgIpc) is 3.06. The fraction of sp³-hybridized carbons (Fsp3) is 0.0833. The van der Waals surface area contributed by atoms with E-state index < -0.39 is 5.82 Å². The summed E-state index contributed by atoms with van der Waals surface area (Å²) in [6.45, 7) is 0. The molecule has 4 rings (SSSR count). The normalized spacial score (nSPS) is 13.3. The molecule has 0 atom stereocenters. The minimum atomic E-state index is -0.539. The second-order valence-electron chi connectivity index (χ2n) is 7.06. The highest BCUT2D eigenvalue weighted by Gasteiger charge is 2.05. The van der Waals surface area contributed by atoms with E-state index in [9.17, 15) is 9.50 Å². The standard InChI is InChI=1S/C24H22FN7O/c1-26-23-22(25)15-28-24(31-23)32-29-14-19-10-11-20(13-27-19)30-18-8-5-17(6-9-18)16-3-2-4-21(33)12-7-16/h2-11,13-15,30,33H,12H2,1H3,(H2,26,28,31,32)/b29-14+. The summed E-state index contributed by atoms with van der Waals surface area (Å²) in [5.74, 6) is 0.0651.